The van der Waals surface area contributed by atoms with Gasteiger partial charge in [-0.1, -0.05) is 0 Å². The third kappa shape index (κ3) is 5.50. The van der Waals surface area contributed by atoms with Crippen molar-refractivity contribution >= 4 is 10.0 Å². The summed E-state index contributed by atoms with van der Waals surface area (Å²) in [7, 11) is -0.820. The molecule has 120 valence electrons. The highest BCUT2D eigenvalue weighted by atomic mass is 32.2. The zero-order valence-corrected chi connectivity index (χ0v) is 13.0. The van der Waals surface area contributed by atoms with E-state index in [1.807, 2.05) is 0 Å². The summed E-state index contributed by atoms with van der Waals surface area (Å²) in [5, 5.41) is 8.55. The number of hydrogen-bond acceptors (Lipinski definition) is 6. The van der Waals surface area contributed by atoms with Crippen LogP contribution in [0.15, 0.2) is 23.1 Å². The molecule has 0 bridgehead atoms. The van der Waals surface area contributed by atoms with Crippen LogP contribution >= 0.6 is 0 Å². The fourth-order valence-corrected chi connectivity index (χ4v) is 2.88. The van der Waals surface area contributed by atoms with Crippen molar-refractivity contribution in [3.05, 3.63) is 18.2 Å². The summed E-state index contributed by atoms with van der Waals surface area (Å²) >= 11 is 0. The molecule has 1 aromatic carbocycles. The van der Waals surface area contributed by atoms with Gasteiger partial charge in [-0.15, -0.1) is 0 Å². The van der Waals surface area contributed by atoms with Gasteiger partial charge in [0, 0.05) is 19.2 Å². The summed E-state index contributed by atoms with van der Waals surface area (Å²) in [5.41, 5.74) is 0. The quantitative estimate of drug-likeness (QED) is 0.606. The van der Waals surface area contributed by atoms with Crippen LogP contribution in [0.3, 0.4) is 0 Å². The van der Waals surface area contributed by atoms with Crippen LogP contribution < -0.4 is 14.2 Å². The second kappa shape index (κ2) is 8.83. The van der Waals surface area contributed by atoms with Crippen LogP contribution in [0.2, 0.25) is 0 Å². The Kier molecular flexibility index (Phi) is 7.44. The van der Waals surface area contributed by atoms with E-state index in [1.165, 1.54) is 26.4 Å². The van der Waals surface area contributed by atoms with Crippen molar-refractivity contribution in [2.75, 3.05) is 40.6 Å². The van der Waals surface area contributed by atoms with Gasteiger partial charge in [-0.2, -0.15) is 0 Å². The predicted molar refractivity (Wildman–Crippen MR) is 77.3 cm³/mol. The van der Waals surface area contributed by atoms with Crippen molar-refractivity contribution < 1.29 is 27.7 Å². The number of methoxy groups -OCH3 is 2. The zero-order chi connectivity index (χ0) is 15.7. The van der Waals surface area contributed by atoms with Gasteiger partial charge in [0.15, 0.2) is 0 Å². The van der Waals surface area contributed by atoms with Gasteiger partial charge < -0.3 is 19.3 Å². The van der Waals surface area contributed by atoms with Gasteiger partial charge in [-0.3, -0.25) is 0 Å². The molecule has 0 aliphatic heterocycles. The number of aliphatic hydroxyl groups excluding tert-OH is 1. The van der Waals surface area contributed by atoms with Gasteiger partial charge >= 0.3 is 0 Å². The van der Waals surface area contributed by atoms with E-state index in [2.05, 4.69) is 4.72 Å². The lowest BCUT2D eigenvalue weighted by Crippen LogP contribution is -2.26. The van der Waals surface area contributed by atoms with Crippen molar-refractivity contribution in [1.29, 1.82) is 0 Å². The van der Waals surface area contributed by atoms with E-state index in [4.69, 9.17) is 19.3 Å². The van der Waals surface area contributed by atoms with Gasteiger partial charge in [-0.05, 0) is 18.6 Å². The SMILES string of the molecule is COc1ccc(OC)c(S(=O)(=O)NCCCOCCO)c1. The van der Waals surface area contributed by atoms with E-state index in [0.717, 1.165) is 0 Å². The summed E-state index contributed by atoms with van der Waals surface area (Å²) in [6.07, 6.45) is 0.505. The third-order valence-corrected chi connectivity index (χ3v) is 4.14. The van der Waals surface area contributed by atoms with Gasteiger partial charge in [0.2, 0.25) is 10.0 Å². The number of sulfonamides is 1. The van der Waals surface area contributed by atoms with Gasteiger partial charge in [0.1, 0.15) is 16.4 Å². The Morgan fingerprint density at radius 1 is 1.19 bits per heavy atom. The molecule has 0 saturated heterocycles. The second-order valence-corrected chi connectivity index (χ2v) is 5.84. The molecule has 0 spiro atoms. The maximum absolute atomic E-state index is 12.2. The second-order valence-electron chi connectivity index (χ2n) is 4.10. The lowest BCUT2D eigenvalue weighted by Gasteiger charge is -2.12. The number of hydrogen-bond donors (Lipinski definition) is 2. The lowest BCUT2D eigenvalue weighted by atomic mass is 10.3. The van der Waals surface area contributed by atoms with E-state index >= 15 is 0 Å². The van der Waals surface area contributed by atoms with Gasteiger partial charge in [-0.25, -0.2) is 13.1 Å². The first-order chi connectivity index (χ1) is 10.0. The molecule has 0 radical (unpaired) electrons. The molecule has 0 amide bonds. The first-order valence-electron chi connectivity index (χ1n) is 6.45. The average molecular weight is 319 g/mol. The molecule has 0 unspecified atom stereocenters. The highest BCUT2D eigenvalue weighted by molar-refractivity contribution is 7.89. The molecule has 0 aromatic heterocycles. The van der Waals surface area contributed by atoms with E-state index in [1.54, 1.807) is 6.07 Å². The van der Waals surface area contributed by atoms with Crippen LogP contribution in [-0.4, -0.2) is 54.1 Å². The summed E-state index contributed by atoms with van der Waals surface area (Å²) < 4.78 is 42.1. The highest BCUT2D eigenvalue weighted by Crippen LogP contribution is 2.27. The molecular formula is C13H21NO6S. The maximum atomic E-state index is 12.2. The normalized spacial score (nSPS) is 11.4. The maximum Gasteiger partial charge on any atom is 0.244 e. The van der Waals surface area contributed by atoms with Gasteiger partial charge in [0.05, 0.1) is 27.4 Å². The van der Waals surface area contributed by atoms with Crippen LogP contribution in [0.4, 0.5) is 0 Å². The minimum Gasteiger partial charge on any atom is -0.497 e. The lowest BCUT2D eigenvalue weighted by molar-refractivity contribution is 0.0913. The minimum absolute atomic E-state index is 0.0284. The first-order valence-corrected chi connectivity index (χ1v) is 7.93. The Balaban J connectivity index is 2.69. The molecule has 21 heavy (non-hydrogen) atoms. The zero-order valence-electron chi connectivity index (χ0n) is 12.2. The number of nitrogens with one attached hydrogen (secondary N) is 1. The molecule has 0 fully saturated rings. The van der Waals surface area contributed by atoms with Crippen LogP contribution in [0, 0.1) is 0 Å². The molecular weight excluding hydrogens is 298 g/mol. The van der Waals surface area contributed by atoms with Crippen LogP contribution in [0.1, 0.15) is 6.42 Å². The summed E-state index contributed by atoms with van der Waals surface area (Å²) in [6, 6.07) is 4.57. The van der Waals surface area contributed by atoms with Crippen LogP contribution in [0.5, 0.6) is 11.5 Å². The molecule has 2 N–H and O–H groups in total. The van der Waals surface area contributed by atoms with Crippen molar-refractivity contribution in [2.45, 2.75) is 11.3 Å². The summed E-state index contributed by atoms with van der Waals surface area (Å²) in [4.78, 5) is 0.0284. The molecule has 0 heterocycles. The van der Waals surface area contributed by atoms with Crippen molar-refractivity contribution in [3.63, 3.8) is 0 Å². The largest absolute Gasteiger partial charge is 0.497 e. The van der Waals surface area contributed by atoms with Gasteiger partial charge in [0.25, 0.3) is 0 Å². The Bertz CT molecular complexity index is 531. The standard InChI is InChI=1S/C13H21NO6S/c1-18-11-4-5-12(19-2)13(10-11)21(16,17)14-6-3-8-20-9-7-15/h4-5,10,14-15H,3,6-9H2,1-2H3. The van der Waals surface area contributed by atoms with Crippen LogP contribution in [0.25, 0.3) is 0 Å². The topological polar surface area (TPSA) is 94.1 Å². The Hall–Kier alpha value is -1.35. The number of rotatable bonds is 10. The fraction of sp³-hybridized carbons (Fsp3) is 0.538. The Labute approximate surface area is 124 Å². The van der Waals surface area contributed by atoms with Crippen molar-refractivity contribution in [3.8, 4) is 11.5 Å². The third-order valence-electron chi connectivity index (χ3n) is 2.65. The smallest absolute Gasteiger partial charge is 0.244 e. The number of ether oxygens (including phenoxy) is 3. The molecule has 0 aliphatic carbocycles. The van der Waals surface area contributed by atoms with E-state index < -0.39 is 10.0 Å². The molecule has 0 aliphatic rings. The van der Waals surface area contributed by atoms with Crippen molar-refractivity contribution in [1.82, 2.24) is 4.72 Å². The molecule has 1 rings (SSSR count). The van der Waals surface area contributed by atoms with E-state index in [-0.39, 0.29) is 30.4 Å². The first kappa shape index (κ1) is 17.7. The predicted octanol–water partition coefficient (Wildman–Crippen LogP) is 0.381. The summed E-state index contributed by atoms with van der Waals surface area (Å²) in [6.45, 7) is 0.801. The summed E-state index contributed by atoms with van der Waals surface area (Å²) in [5.74, 6) is 0.683. The van der Waals surface area contributed by atoms with E-state index in [0.29, 0.717) is 18.8 Å². The molecule has 7 nitrogen and oxygen atoms in total. The monoisotopic (exact) mass is 319 g/mol. The fourth-order valence-electron chi connectivity index (χ4n) is 1.62. The van der Waals surface area contributed by atoms with E-state index in [9.17, 15) is 8.42 Å². The molecule has 0 atom stereocenters. The molecule has 1 aromatic rings. The average Bonchev–Trinajstić information content (AvgIpc) is 2.50. The Morgan fingerprint density at radius 2 is 1.95 bits per heavy atom. The van der Waals surface area contributed by atoms with Crippen LogP contribution in [-0.2, 0) is 14.8 Å². The number of benzene rings is 1. The minimum atomic E-state index is -3.69. The Morgan fingerprint density at radius 3 is 2.57 bits per heavy atom. The highest BCUT2D eigenvalue weighted by Gasteiger charge is 2.19. The molecule has 0 saturated carbocycles. The number of aliphatic hydroxyl groups is 1. The van der Waals surface area contributed by atoms with Crippen molar-refractivity contribution in [2.24, 2.45) is 0 Å². The molecule has 8 heteroatoms.